The Morgan fingerprint density at radius 1 is 1.06 bits per heavy atom. The molecule has 11 heteroatoms. The van der Waals surface area contributed by atoms with Crippen molar-refractivity contribution in [1.29, 1.82) is 0 Å². The van der Waals surface area contributed by atoms with Gasteiger partial charge < -0.3 is 15.2 Å². The molecule has 3 aromatic heterocycles. The molecular weight excluding hydrogens is 460 g/mol. The second-order valence-electron chi connectivity index (χ2n) is 7.62. The fourth-order valence-electron chi connectivity index (χ4n) is 3.83. The first-order chi connectivity index (χ1) is 16.8. The number of ether oxygens (including phenoxy) is 1. The van der Waals surface area contributed by atoms with Gasteiger partial charge in [0.1, 0.15) is 23.9 Å². The van der Waals surface area contributed by atoms with Gasteiger partial charge in [-0.2, -0.15) is 4.68 Å². The number of fused-ring (bicyclic) bond motifs is 2. The molecule has 9 nitrogen and oxygen atoms in total. The van der Waals surface area contributed by atoms with Crippen molar-refractivity contribution in [3.63, 3.8) is 0 Å². The lowest BCUT2D eigenvalue weighted by Gasteiger charge is -2.09. The van der Waals surface area contributed by atoms with Crippen molar-refractivity contribution in [3.05, 3.63) is 89.4 Å². The molecule has 0 saturated carbocycles. The van der Waals surface area contributed by atoms with E-state index in [2.05, 4.69) is 15.4 Å². The normalized spacial score (nSPS) is 11.2. The van der Waals surface area contributed by atoms with E-state index in [1.807, 2.05) is 0 Å². The minimum absolute atomic E-state index is 0.0739. The number of imidazole rings is 1. The number of anilines is 1. The van der Waals surface area contributed by atoms with Crippen molar-refractivity contribution < 1.29 is 28.2 Å². The first kappa shape index (κ1) is 22.0. The van der Waals surface area contributed by atoms with Crippen LogP contribution in [0.5, 0.6) is 5.75 Å². The van der Waals surface area contributed by atoms with Crippen LogP contribution in [0, 0.1) is 18.6 Å². The van der Waals surface area contributed by atoms with E-state index in [1.54, 1.807) is 49.5 Å². The molecule has 0 aliphatic rings. The van der Waals surface area contributed by atoms with Crippen LogP contribution in [0.3, 0.4) is 0 Å². The van der Waals surface area contributed by atoms with E-state index in [-0.39, 0.29) is 35.1 Å². The topological polar surface area (TPSA) is 111 Å². The number of rotatable bonds is 5. The molecule has 0 saturated heterocycles. The number of halogens is 2. The predicted octanol–water partition coefficient (Wildman–Crippen LogP) is 4.63. The molecule has 5 aromatic rings. The highest BCUT2D eigenvalue weighted by Crippen LogP contribution is 2.26. The number of pyridine rings is 1. The SMILES string of the molecule is Cc1nc2c(OCc3c(F)cccc3F)cccn2c1C(=O)Nc1nn(C(=O)O)c2ccccc12. The van der Waals surface area contributed by atoms with Gasteiger partial charge in [0.05, 0.1) is 16.8 Å². The number of hydrogen-bond donors (Lipinski definition) is 2. The molecule has 0 fully saturated rings. The summed E-state index contributed by atoms with van der Waals surface area (Å²) >= 11 is 0. The highest BCUT2D eigenvalue weighted by Gasteiger charge is 2.22. The number of aryl methyl sites for hydroxylation is 1. The Morgan fingerprint density at radius 3 is 2.54 bits per heavy atom. The fraction of sp³-hybridized carbons (Fsp3) is 0.0833. The van der Waals surface area contributed by atoms with Crippen molar-refractivity contribution in [2.75, 3.05) is 5.32 Å². The second-order valence-corrected chi connectivity index (χ2v) is 7.62. The minimum atomic E-state index is -1.29. The third-order valence-corrected chi connectivity index (χ3v) is 5.44. The van der Waals surface area contributed by atoms with E-state index in [9.17, 15) is 23.5 Å². The summed E-state index contributed by atoms with van der Waals surface area (Å²) < 4.78 is 35.8. The Hall–Kier alpha value is -4.80. The molecule has 5 rings (SSSR count). The number of carbonyl (C=O) groups is 2. The van der Waals surface area contributed by atoms with Crippen LogP contribution in [0.1, 0.15) is 21.7 Å². The van der Waals surface area contributed by atoms with Crippen molar-refractivity contribution >= 4 is 34.4 Å². The third kappa shape index (κ3) is 3.82. The quantitative estimate of drug-likeness (QED) is 0.382. The van der Waals surface area contributed by atoms with Gasteiger partial charge in [0, 0.05) is 11.6 Å². The number of aromatic nitrogens is 4. The maximum Gasteiger partial charge on any atom is 0.432 e. The molecule has 0 bridgehead atoms. The van der Waals surface area contributed by atoms with Crippen molar-refractivity contribution in [2.24, 2.45) is 0 Å². The lowest BCUT2D eigenvalue weighted by molar-refractivity contribution is 0.102. The molecule has 0 atom stereocenters. The standard InChI is InChI=1S/C24H17F2N5O4/c1-13-20(23(32)28-21-14-6-2-3-9-18(14)31(29-21)24(33)34)30-11-5-10-19(22(30)27-13)35-12-15-16(25)7-4-8-17(15)26/h2-11H,12H2,1H3,(H,33,34)(H,28,29,32). The Morgan fingerprint density at radius 2 is 1.80 bits per heavy atom. The van der Waals surface area contributed by atoms with E-state index >= 15 is 0 Å². The number of carbonyl (C=O) groups excluding carboxylic acids is 1. The summed E-state index contributed by atoms with van der Waals surface area (Å²) in [6.45, 7) is 1.25. The zero-order valence-electron chi connectivity index (χ0n) is 18.2. The van der Waals surface area contributed by atoms with Crippen LogP contribution in [0.25, 0.3) is 16.6 Å². The van der Waals surface area contributed by atoms with Gasteiger partial charge in [-0.3, -0.25) is 9.20 Å². The molecule has 2 aromatic carbocycles. The Kier molecular flexibility index (Phi) is 5.36. The number of carboxylic acid groups (broad SMARTS) is 1. The van der Waals surface area contributed by atoms with Crippen molar-refractivity contribution in [3.8, 4) is 5.75 Å². The summed E-state index contributed by atoms with van der Waals surface area (Å²) in [5.74, 6) is -1.75. The average molecular weight is 477 g/mol. The predicted molar refractivity (Wildman–Crippen MR) is 122 cm³/mol. The van der Waals surface area contributed by atoms with E-state index < -0.39 is 23.6 Å². The summed E-state index contributed by atoms with van der Waals surface area (Å²) in [7, 11) is 0. The average Bonchev–Trinajstić information content (AvgIpc) is 3.36. The van der Waals surface area contributed by atoms with Gasteiger partial charge in [-0.15, -0.1) is 5.10 Å². The summed E-state index contributed by atoms with van der Waals surface area (Å²) in [4.78, 5) is 29.1. The molecule has 176 valence electrons. The van der Waals surface area contributed by atoms with Gasteiger partial charge in [-0.25, -0.2) is 18.6 Å². The van der Waals surface area contributed by atoms with Crippen LogP contribution in [-0.2, 0) is 6.61 Å². The largest absolute Gasteiger partial charge is 0.485 e. The van der Waals surface area contributed by atoms with Crippen LogP contribution in [-0.4, -0.2) is 36.3 Å². The van der Waals surface area contributed by atoms with Crippen molar-refractivity contribution in [1.82, 2.24) is 19.2 Å². The van der Waals surface area contributed by atoms with Crippen LogP contribution < -0.4 is 10.1 Å². The van der Waals surface area contributed by atoms with Crippen molar-refractivity contribution in [2.45, 2.75) is 13.5 Å². The number of para-hydroxylation sites is 1. The molecule has 0 aliphatic carbocycles. The highest BCUT2D eigenvalue weighted by molar-refractivity contribution is 6.08. The minimum Gasteiger partial charge on any atom is -0.485 e. The first-order valence-electron chi connectivity index (χ1n) is 10.4. The summed E-state index contributed by atoms with van der Waals surface area (Å²) in [5.41, 5.74) is 0.889. The number of nitrogens with one attached hydrogen (secondary N) is 1. The van der Waals surface area contributed by atoms with E-state index in [4.69, 9.17) is 4.74 Å². The molecule has 35 heavy (non-hydrogen) atoms. The molecule has 3 heterocycles. The third-order valence-electron chi connectivity index (χ3n) is 5.44. The smallest absolute Gasteiger partial charge is 0.432 e. The molecule has 0 radical (unpaired) electrons. The Labute approximate surface area is 196 Å². The molecular formula is C24H17F2N5O4. The number of hydrogen-bond acceptors (Lipinski definition) is 5. The van der Waals surface area contributed by atoms with Crippen LogP contribution in [0.15, 0.2) is 60.8 Å². The van der Waals surface area contributed by atoms with Gasteiger partial charge in [0.2, 0.25) is 0 Å². The fourth-order valence-corrected chi connectivity index (χ4v) is 3.83. The summed E-state index contributed by atoms with van der Waals surface area (Å²) in [6, 6.07) is 13.3. The highest BCUT2D eigenvalue weighted by atomic mass is 19.1. The van der Waals surface area contributed by atoms with E-state index in [1.165, 1.54) is 10.5 Å². The zero-order valence-corrected chi connectivity index (χ0v) is 18.2. The second kappa shape index (κ2) is 8.52. The lowest BCUT2D eigenvalue weighted by atomic mass is 10.2. The van der Waals surface area contributed by atoms with Crippen LogP contribution in [0.2, 0.25) is 0 Å². The van der Waals surface area contributed by atoms with Gasteiger partial charge in [0.25, 0.3) is 5.91 Å². The van der Waals surface area contributed by atoms with Gasteiger partial charge in [0.15, 0.2) is 17.2 Å². The van der Waals surface area contributed by atoms with E-state index in [0.29, 0.717) is 16.6 Å². The van der Waals surface area contributed by atoms with E-state index in [0.717, 1.165) is 16.8 Å². The van der Waals surface area contributed by atoms with Gasteiger partial charge >= 0.3 is 6.09 Å². The lowest BCUT2D eigenvalue weighted by Crippen LogP contribution is -2.17. The number of nitrogens with zero attached hydrogens (tertiary/aromatic N) is 4. The Balaban J connectivity index is 1.48. The molecule has 2 N–H and O–H groups in total. The van der Waals surface area contributed by atoms with Crippen LogP contribution in [0.4, 0.5) is 19.4 Å². The molecule has 1 amide bonds. The van der Waals surface area contributed by atoms with Crippen LogP contribution >= 0.6 is 0 Å². The van der Waals surface area contributed by atoms with Gasteiger partial charge in [-0.1, -0.05) is 18.2 Å². The summed E-state index contributed by atoms with van der Waals surface area (Å²) in [5, 5.41) is 16.5. The number of amides is 1. The monoisotopic (exact) mass is 477 g/mol. The molecule has 0 unspecified atom stereocenters. The summed E-state index contributed by atoms with van der Waals surface area (Å²) in [6.07, 6.45) is 0.301. The molecule has 0 spiro atoms. The zero-order chi connectivity index (χ0) is 24.7. The first-order valence-corrected chi connectivity index (χ1v) is 10.4. The Bertz CT molecular complexity index is 1610. The maximum absolute atomic E-state index is 14.0. The van der Waals surface area contributed by atoms with Gasteiger partial charge in [-0.05, 0) is 43.3 Å². The number of benzene rings is 2. The molecule has 0 aliphatic heterocycles. The maximum atomic E-state index is 14.0.